The Kier molecular flexibility index (Phi) is 4.96. The van der Waals surface area contributed by atoms with Crippen molar-refractivity contribution in [3.63, 3.8) is 0 Å². The van der Waals surface area contributed by atoms with Gasteiger partial charge in [-0.05, 0) is 12.8 Å². The fraction of sp³-hybridized carbons (Fsp3) is 0.875. The lowest BCUT2D eigenvalue weighted by Crippen LogP contribution is -2.31. The molecule has 1 unspecified atom stereocenters. The van der Waals surface area contributed by atoms with Crippen LogP contribution >= 0.6 is 0 Å². The third-order valence-electron chi connectivity index (χ3n) is 1.70. The van der Waals surface area contributed by atoms with Crippen molar-refractivity contribution < 1.29 is 0 Å². The molecule has 10 heavy (non-hydrogen) atoms. The van der Waals surface area contributed by atoms with Crippen LogP contribution < -0.4 is 5.32 Å². The lowest BCUT2D eigenvalue weighted by atomic mass is 10.1. The molecule has 1 atom stereocenters. The molecule has 0 amide bonds. The Morgan fingerprint density at radius 3 is 2.40 bits per heavy atom. The van der Waals surface area contributed by atoms with Gasteiger partial charge in [-0.25, -0.2) is 0 Å². The maximum absolute atomic E-state index is 8.23. The number of hydrogen-bond acceptors (Lipinski definition) is 2. The minimum Gasteiger partial charge on any atom is -0.313 e. The van der Waals surface area contributed by atoms with E-state index in [0.29, 0.717) is 18.4 Å². The summed E-state index contributed by atoms with van der Waals surface area (Å²) in [5, 5.41) is 11.5. The Morgan fingerprint density at radius 2 is 2.00 bits per heavy atom. The molecule has 0 spiro atoms. The van der Waals surface area contributed by atoms with Crippen LogP contribution in [0.15, 0.2) is 0 Å². The van der Waals surface area contributed by atoms with Crippen LogP contribution in [0.1, 0.15) is 27.2 Å². The third kappa shape index (κ3) is 4.34. The van der Waals surface area contributed by atoms with Crippen LogP contribution in [0.4, 0.5) is 0 Å². The summed E-state index contributed by atoms with van der Waals surface area (Å²) in [5.41, 5.74) is 0. The number of nitrogens with one attached hydrogen (secondary N) is 1. The molecule has 0 saturated carbocycles. The van der Waals surface area contributed by atoms with Crippen LogP contribution in [-0.2, 0) is 0 Å². The summed E-state index contributed by atoms with van der Waals surface area (Å²) < 4.78 is 0. The van der Waals surface area contributed by atoms with Crippen molar-refractivity contribution in [3.8, 4) is 6.07 Å². The highest BCUT2D eigenvalue weighted by Crippen LogP contribution is 1.98. The molecule has 0 aliphatic carbocycles. The van der Waals surface area contributed by atoms with Crippen LogP contribution in [0.25, 0.3) is 0 Å². The van der Waals surface area contributed by atoms with Crippen LogP contribution in [-0.4, -0.2) is 12.6 Å². The van der Waals surface area contributed by atoms with Crippen LogP contribution in [0.2, 0.25) is 0 Å². The van der Waals surface area contributed by atoms with Crippen molar-refractivity contribution in [3.05, 3.63) is 0 Å². The molecule has 0 rings (SSSR count). The Balaban J connectivity index is 3.23. The molecule has 0 radical (unpaired) electrons. The van der Waals surface area contributed by atoms with E-state index in [-0.39, 0.29) is 0 Å². The normalized spacial score (nSPS) is 13.1. The summed E-state index contributed by atoms with van der Waals surface area (Å²) >= 11 is 0. The van der Waals surface area contributed by atoms with Gasteiger partial charge in [0.15, 0.2) is 0 Å². The monoisotopic (exact) mass is 140 g/mol. The van der Waals surface area contributed by atoms with Crippen LogP contribution in [0, 0.1) is 17.2 Å². The molecule has 0 aromatic rings. The molecule has 0 bridgehead atoms. The zero-order valence-corrected chi connectivity index (χ0v) is 7.02. The first-order valence-electron chi connectivity index (χ1n) is 3.78. The molecule has 0 saturated heterocycles. The average molecular weight is 140 g/mol. The summed E-state index contributed by atoms with van der Waals surface area (Å²) in [5.74, 6) is 0.652. The van der Waals surface area contributed by atoms with Gasteiger partial charge in [-0.2, -0.15) is 5.26 Å². The fourth-order valence-corrected chi connectivity index (χ4v) is 0.591. The lowest BCUT2D eigenvalue weighted by Gasteiger charge is -2.15. The van der Waals surface area contributed by atoms with Gasteiger partial charge in [0.1, 0.15) is 0 Å². The highest BCUT2D eigenvalue weighted by molar-refractivity contribution is 4.72. The van der Waals surface area contributed by atoms with Gasteiger partial charge in [0, 0.05) is 19.0 Å². The van der Waals surface area contributed by atoms with E-state index in [4.69, 9.17) is 5.26 Å². The molecule has 0 aromatic carbocycles. The fourth-order valence-electron chi connectivity index (χ4n) is 0.591. The Morgan fingerprint density at radius 1 is 1.40 bits per heavy atom. The number of rotatable bonds is 4. The van der Waals surface area contributed by atoms with E-state index in [2.05, 4.69) is 32.2 Å². The summed E-state index contributed by atoms with van der Waals surface area (Å²) in [6.45, 7) is 7.30. The second kappa shape index (κ2) is 5.25. The molecular weight excluding hydrogens is 124 g/mol. The number of hydrogen-bond donors (Lipinski definition) is 1. The predicted molar refractivity (Wildman–Crippen MR) is 42.5 cm³/mol. The van der Waals surface area contributed by atoms with Gasteiger partial charge < -0.3 is 5.32 Å². The maximum atomic E-state index is 8.23. The Bertz CT molecular complexity index is 113. The zero-order valence-electron chi connectivity index (χ0n) is 7.02. The second-order valence-corrected chi connectivity index (χ2v) is 2.89. The molecule has 0 fully saturated rings. The molecule has 2 heteroatoms. The van der Waals surface area contributed by atoms with Crippen molar-refractivity contribution in [1.29, 1.82) is 5.26 Å². The van der Waals surface area contributed by atoms with E-state index in [0.717, 1.165) is 6.54 Å². The van der Waals surface area contributed by atoms with E-state index < -0.39 is 0 Å². The second-order valence-electron chi connectivity index (χ2n) is 2.89. The molecule has 0 heterocycles. The molecule has 0 aliphatic heterocycles. The number of nitrogens with zero attached hydrogens (tertiary/aromatic N) is 1. The molecule has 0 aliphatic rings. The molecule has 58 valence electrons. The van der Waals surface area contributed by atoms with Gasteiger partial charge >= 0.3 is 0 Å². The summed E-state index contributed by atoms with van der Waals surface area (Å²) in [7, 11) is 0. The standard InChI is InChI=1S/C8H16N2/c1-7(2)8(3)10-6-4-5-9/h7-8,10H,4,6H2,1-3H3. The maximum Gasteiger partial charge on any atom is 0.0635 e. The molecular formula is C8H16N2. The van der Waals surface area contributed by atoms with Crippen LogP contribution in [0.3, 0.4) is 0 Å². The quantitative estimate of drug-likeness (QED) is 0.601. The largest absolute Gasteiger partial charge is 0.313 e. The van der Waals surface area contributed by atoms with Crippen LogP contribution in [0.5, 0.6) is 0 Å². The number of nitriles is 1. The minimum atomic E-state index is 0.522. The van der Waals surface area contributed by atoms with Gasteiger partial charge in [-0.1, -0.05) is 13.8 Å². The average Bonchev–Trinajstić information content (AvgIpc) is 1.88. The molecule has 0 aromatic heterocycles. The highest BCUT2D eigenvalue weighted by atomic mass is 14.9. The van der Waals surface area contributed by atoms with Crippen molar-refractivity contribution in [2.45, 2.75) is 33.2 Å². The Labute approximate surface area is 63.2 Å². The van der Waals surface area contributed by atoms with Gasteiger partial charge in [-0.15, -0.1) is 0 Å². The van der Waals surface area contributed by atoms with E-state index in [9.17, 15) is 0 Å². The van der Waals surface area contributed by atoms with E-state index in [1.807, 2.05) is 0 Å². The lowest BCUT2D eigenvalue weighted by molar-refractivity contribution is 0.432. The zero-order chi connectivity index (χ0) is 7.98. The van der Waals surface area contributed by atoms with Gasteiger partial charge in [0.25, 0.3) is 0 Å². The summed E-state index contributed by atoms with van der Waals surface area (Å²) in [6, 6.07) is 2.62. The third-order valence-corrected chi connectivity index (χ3v) is 1.70. The molecule has 1 N–H and O–H groups in total. The van der Waals surface area contributed by atoms with E-state index in [1.165, 1.54) is 0 Å². The predicted octanol–water partition coefficient (Wildman–Crippen LogP) is 1.53. The van der Waals surface area contributed by atoms with Crippen molar-refractivity contribution in [1.82, 2.24) is 5.32 Å². The smallest absolute Gasteiger partial charge is 0.0635 e. The minimum absolute atomic E-state index is 0.522. The van der Waals surface area contributed by atoms with Crippen molar-refractivity contribution in [2.75, 3.05) is 6.54 Å². The van der Waals surface area contributed by atoms with Gasteiger partial charge in [0.2, 0.25) is 0 Å². The SMILES string of the molecule is CC(C)C(C)NCCC#N. The molecule has 2 nitrogen and oxygen atoms in total. The van der Waals surface area contributed by atoms with Gasteiger partial charge in [0.05, 0.1) is 6.07 Å². The highest BCUT2D eigenvalue weighted by Gasteiger charge is 2.03. The summed E-state index contributed by atoms with van der Waals surface area (Å²) in [4.78, 5) is 0. The van der Waals surface area contributed by atoms with Gasteiger partial charge in [-0.3, -0.25) is 0 Å². The van der Waals surface area contributed by atoms with Crippen molar-refractivity contribution >= 4 is 0 Å². The van der Waals surface area contributed by atoms with Crippen molar-refractivity contribution in [2.24, 2.45) is 5.92 Å². The summed E-state index contributed by atoms with van der Waals surface area (Å²) in [6.07, 6.45) is 0.608. The first-order chi connectivity index (χ1) is 4.68. The first-order valence-corrected chi connectivity index (χ1v) is 3.78. The van der Waals surface area contributed by atoms with E-state index >= 15 is 0 Å². The Hall–Kier alpha value is -0.550. The first kappa shape index (κ1) is 9.45. The topological polar surface area (TPSA) is 35.8 Å². The van der Waals surface area contributed by atoms with E-state index in [1.54, 1.807) is 0 Å².